The van der Waals surface area contributed by atoms with E-state index < -0.39 is 11.8 Å². The molecule has 0 saturated heterocycles. The molecule has 96 valence electrons. The normalized spacial score (nSPS) is 20.5. The van der Waals surface area contributed by atoms with E-state index >= 15 is 0 Å². The van der Waals surface area contributed by atoms with Crippen LogP contribution in [0.5, 0.6) is 0 Å². The Morgan fingerprint density at radius 3 is 2.50 bits per heavy atom. The molecule has 1 saturated carbocycles. The smallest absolute Gasteiger partial charge is 0.249 e. The predicted octanol–water partition coefficient (Wildman–Crippen LogP) is 1.57. The Bertz CT molecular complexity index is 231. The highest BCUT2D eigenvalue weighted by atomic mass is 35.5. The van der Waals surface area contributed by atoms with Gasteiger partial charge in [0.25, 0.3) is 0 Å². The van der Waals surface area contributed by atoms with Gasteiger partial charge in [0.1, 0.15) is 0 Å². The van der Waals surface area contributed by atoms with E-state index in [1.807, 2.05) is 13.8 Å². The molecule has 0 spiro atoms. The van der Waals surface area contributed by atoms with Crippen molar-refractivity contribution in [2.75, 3.05) is 13.1 Å². The number of amides is 1. The fourth-order valence-corrected chi connectivity index (χ4v) is 1.67. The summed E-state index contributed by atoms with van der Waals surface area (Å²) in [6, 6.07) is 0.180. The molecule has 1 amide bonds. The maximum atomic E-state index is 12.5. The lowest BCUT2D eigenvalue weighted by atomic mass is 9.81. The van der Waals surface area contributed by atoms with Gasteiger partial charge in [-0.2, -0.15) is 0 Å². The van der Waals surface area contributed by atoms with Crippen molar-refractivity contribution in [2.24, 2.45) is 5.92 Å². The first-order valence-electron chi connectivity index (χ1n) is 5.33. The Balaban J connectivity index is 0.00000225. The number of likely N-dealkylation sites (N-methyl/N-ethyl adjacent to an activating group) is 1. The Morgan fingerprint density at radius 2 is 2.06 bits per heavy atom. The van der Waals surface area contributed by atoms with Crippen molar-refractivity contribution in [3.8, 4) is 0 Å². The van der Waals surface area contributed by atoms with E-state index in [0.29, 0.717) is 6.54 Å². The van der Waals surface area contributed by atoms with Crippen LogP contribution in [0.2, 0.25) is 0 Å². The van der Waals surface area contributed by atoms with E-state index in [1.54, 1.807) is 0 Å². The molecular formula is C10H19ClF2N2O. The summed E-state index contributed by atoms with van der Waals surface area (Å²) in [5.41, 5.74) is 0. The minimum Gasteiger partial charge on any atom is -0.354 e. The lowest BCUT2D eigenvalue weighted by molar-refractivity contribution is -0.150. The van der Waals surface area contributed by atoms with E-state index in [9.17, 15) is 13.6 Å². The summed E-state index contributed by atoms with van der Waals surface area (Å²) in [5.74, 6) is -3.35. The van der Waals surface area contributed by atoms with Crippen LogP contribution in [0.1, 0.15) is 26.7 Å². The molecule has 1 fully saturated rings. The molecule has 1 rings (SSSR count). The van der Waals surface area contributed by atoms with Crippen molar-refractivity contribution >= 4 is 18.3 Å². The Hall–Kier alpha value is -0.420. The molecule has 6 heteroatoms. The van der Waals surface area contributed by atoms with Crippen molar-refractivity contribution < 1.29 is 13.6 Å². The molecule has 1 atom stereocenters. The molecule has 16 heavy (non-hydrogen) atoms. The zero-order valence-corrected chi connectivity index (χ0v) is 10.4. The molecule has 0 aromatic rings. The average Bonchev–Trinajstić information content (AvgIpc) is 2.10. The van der Waals surface area contributed by atoms with Crippen LogP contribution in [0.15, 0.2) is 0 Å². The Labute approximate surface area is 101 Å². The second-order valence-corrected chi connectivity index (χ2v) is 4.16. The van der Waals surface area contributed by atoms with Gasteiger partial charge in [-0.05, 0) is 13.5 Å². The molecule has 3 nitrogen and oxygen atoms in total. The zero-order chi connectivity index (χ0) is 11.5. The quantitative estimate of drug-likeness (QED) is 0.784. The van der Waals surface area contributed by atoms with Crippen LogP contribution in [0.25, 0.3) is 0 Å². The highest BCUT2D eigenvalue weighted by molar-refractivity contribution is 5.85. The van der Waals surface area contributed by atoms with E-state index in [2.05, 4.69) is 10.6 Å². The molecule has 0 heterocycles. The molecule has 0 aliphatic heterocycles. The first-order chi connectivity index (χ1) is 6.94. The van der Waals surface area contributed by atoms with Crippen LogP contribution in [-0.4, -0.2) is 31.0 Å². The SMILES string of the molecule is CCN[C@H](C)CNC(=O)C1CC(F)(F)C1.Cl. The summed E-state index contributed by atoms with van der Waals surface area (Å²) in [6.07, 6.45) is -0.594. The van der Waals surface area contributed by atoms with E-state index in [-0.39, 0.29) is 37.2 Å². The van der Waals surface area contributed by atoms with Gasteiger partial charge in [0.2, 0.25) is 11.8 Å². The number of hydrogen-bond donors (Lipinski definition) is 2. The third-order valence-electron chi connectivity index (χ3n) is 2.60. The summed E-state index contributed by atoms with van der Waals surface area (Å²) < 4.78 is 25.0. The summed E-state index contributed by atoms with van der Waals surface area (Å²) >= 11 is 0. The van der Waals surface area contributed by atoms with Gasteiger partial charge in [-0.15, -0.1) is 12.4 Å². The van der Waals surface area contributed by atoms with Crippen LogP contribution >= 0.6 is 12.4 Å². The maximum Gasteiger partial charge on any atom is 0.249 e. The van der Waals surface area contributed by atoms with E-state index in [1.165, 1.54) is 0 Å². The number of nitrogens with one attached hydrogen (secondary N) is 2. The average molecular weight is 257 g/mol. The topological polar surface area (TPSA) is 41.1 Å². The molecule has 0 bridgehead atoms. The van der Waals surface area contributed by atoms with Gasteiger partial charge >= 0.3 is 0 Å². The predicted molar refractivity (Wildman–Crippen MR) is 61.1 cm³/mol. The van der Waals surface area contributed by atoms with Gasteiger partial charge in [-0.1, -0.05) is 6.92 Å². The third-order valence-corrected chi connectivity index (χ3v) is 2.60. The number of alkyl halides is 2. The fraction of sp³-hybridized carbons (Fsp3) is 0.900. The van der Waals surface area contributed by atoms with Gasteiger partial charge in [0, 0.05) is 31.3 Å². The summed E-state index contributed by atoms with van der Waals surface area (Å²) in [7, 11) is 0. The fourth-order valence-electron chi connectivity index (χ4n) is 1.67. The van der Waals surface area contributed by atoms with Crippen LogP contribution < -0.4 is 10.6 Å². The highest BCUT2D eigenvalue weighted by Gasteiger charge is 2.48. The van der Waals surface area contributed by atoms with Gasteiger partial charge in [0.15, 0.2) is 0 Å². The molecule has 1 aliphatic carbocycles. The van der Waals surface area contributed by atoms with Gasteiger partial charge in [-0.3, -0.25) is 4.79 Å². The number of rotatable bonds is 5. The molecule has 0 unspecified atom stereocenters. The Morgan fingerprint density at radius 1 is 1.50 bits per heavy atom. The van der Waals surface area contributed by atoms with Crippen molar-refractivity contribution in [3.05, 3.63) is 0 Å². The van der Waals surface area contributed by atoms with Crippen LogP contribution in [0, 0.1) is 5.92 Å². The first kappa shape index (κ1) is 15.6. The second kappa shape index (κ2) is 6.35. The highest BCUT2D eigenvalue weighted by Crippen LogP contribution is 2.42. The van der Waals surface area contributed by atoms with Crippen LogP contribution in [-0.2, 0) is 4.79 Å². The molecule has 0 aromatic heterocycles. The summed E-state index contributed by atoms with van der Waals surface area (Å²) in [5, 5.41) is 5.80. The van der Waals surface area contributed by atoms with Gasteiger partial charge < -0.3 is 10.6 Å². The minimum atomic E-state index is -2.62. The Kier molecular flexibility index (Phi) is 6.18. The summed E-state index contributed by atoms with van der Waals surface area (Å²) in [6.45, 7) is 5.25. The van der Waals surface area contributed by atoms with Gasteiger partial charge in [0.05, 0.1) is 0 Å². The first-order valence-corrected chi connectivity index (χ1v) is 5.33. The second-order valence-electron chi connectivity index (χ2n) is 4.16. The van der Waals surface area contributed by atoms with Crippen molar-refractivity contribution in [3.63, 3.8) is 0 Å². The van der Waals surface area contributed by atoms with Crippen LogP contribution in [0.4, 0.5) is 8.78 Å². The lowest BCUT2D eigenvalue weighted by Crippen LogP contribution is -2.47. The third kappa shape index (κ3) is 4.61. The number of halogens is 3. The number of carbonyl (C=O) groups excluding carboxylic acids is 1. The number of hydrogen-bond acceptors (Lipinski definition) is 2. The lowest BCUT2D eigenvalue weighted by Gasteiger charge is -2.33. The van der Waals surface area contributed by atoms with Crippen molar-refractivity contribution in [2.45, 2.75) is 38.7 Å². The largest absolute Gasteiger partial charge is 0.354 e. The van der Waals surface area contributed by atoms with Crippen molar-refractivity contribution in [1.29, 1.82) is 0 Å². The monoisotopic (exact) mass is 256 g/mol. The maximum absolute atomic E-state index is 12.5. The van der Waals surface area contributed by atoms with E-state index in [0.717, 1.165) is 6.54 Å². The van der Waals surface area contributed by atoms with Crippen LogP contribution in [0.3, 0.4) is 0 Å². The minimum absolute atomic E-state index is 0. The summed E-state index contributed by atoms with van der Waals surface area (Å²) in [4.78, 5) is 11.3. The molecule has 0 radical (unpaired) electrons. The molecule has 1 aliphatic rings. The standard InChI is InChI=1S/C10H18F2N2O.ClH/c1-3-13-7(2)6-14-9(15)8-4-10(11,12)5-8;/h7-8,13H,3-6H2,1-2H3,(H,14,15);1H/t7-;/m1./s1. The number of carbonyl (C=O) groups is 1. The van der Waals surface area contributed by atoms with E-state index in [4.69, 9.17) is 0 Å². The molecular weight excluding hydrogens is 238 g/mol. The zero-order valence-electron chi connectivity index (χ0n) is 9.56. The van der Waals surface area contributed by atoms with Crippen molar-refractivity contribution in [1.82, 2.24) is 10.6 Å². The molecule has 2 N–H and O–H groups in total. The molecule has 0 aromatic carbocycles. The van der Waals surface area contributed by atoms with Gasteiger partial charge in [-0.25, -0.2) is 8.78 Å².